The Morgan fingerprint density at radius 3 is 1.65 bits per heavy atom. The van der Waals surface area contributed by atoms with Crippen LogP contribution in [-0.2, 0) is 0 Å². The second kappa shape index (κ2) is 7.72. The molecule has 2 aromatic carbocycles. The first-order chi connectivity index (χ1) is 8.20. The fourth-order valence-corrected chi connectivity index (χ4v) is 3.33. The minimum atomic E-state index is 1.09. The Hall–Kier alpha value is 0.360. The summed E-state index contributed by atoms with van der Waals surface area (Å²) in [7, 11) is 0. The molecule has 0 saturated carbocycles. The summed E-state index contributed by atoms with van der Waals surface area (Å²) in [5, 5.41) is 0. The average Bonchev–Trinajstić information content (AvgIpc) is 2.34. The molecule has 0 fully saturated rings. The summed E-state index contributed by atoms with van der Waals surface area (Å²) in [5.74, 6) is 1.81. The summed E-state index contributed by atoms with van der Waals surface area (Å²) in [6.07, 6.45) is 0. The van der Waals surface area contributed by atoms with Crippen LogP contribution in [0, 0.1) is 0 Å². The van der Waals surface area contributed by atoms with E-state index in [1.807, 2.05) is 42.2 Å². The molecule has 0 aliphatic carbocycles. The third kappa shape index (κ3) is 3.91. The molecule has 4 heteroatoms. The highest BCUT2D eigenvalue weighted by atomic mass is 79.9. The molecule has 0 saturated heterocycles. The first-order valence-corrected chi connectivity index (χ1v) is 8.73. The van der Waals surface area contributed by atoms with Gasteiger partial charge in [0.15, 0.2) is 0 Å². The van der Waals surface area contributed by atoms with Gasteiger partial charge in [-0.3, -0.25) is 0 Å². The Bertz CT molecular complexity index is 474. The number of hydrogen-bond donors (Lipinski definition) is 0. The van der Waals surface area contributed by atoms with Crippen LogP contribution in [0.4, 0.5) is 0 Å². The van der Waals surface area contributed by atoms with Crippen LogP contribution >= 0.6 is 63.7 Å². The van der Waals surface area contributed by atoms with E-state index in [0.717, 1.165) is 13.4 Å². The normalized spacial score (nSPS) is 9.47. The van der Waals surface area contributed by atoms with Crippen LogP contribution in [0.3, 0.4) is 0 Å². The Morgan fingerprint density at radius 1 is 0.647 bits per heavy atom. The van der Waals surface area contributed by atoms with Crippen molar-refractivity contribution < 1.29 is 0 Å². The lowest BCUT2D eigenvalue weighted by atomic mass is 10.1. The van der Waals surface area contributed by atoms with Crippen LogP contribution in [0.15, 0.2) is 55.9 Å². The average molecular weight is 486 g/mol. The van der Waals surface area contributed by atoms with Crippen LogP contribution in [0.1, 0.15) is 0 Å². The number of hydrogen-bond acceptors (Lipinski definition) is 0. The predicted molar refractivity (Wildman–Crippen MR) is 89.8 cm³/mol. The van der Waals surface area contributed by atoms with Crippen LogP contribution in [-0.4, -0.2) is 5.83 Å². The highest BCUT2D eigenvalue weighted by Gasteiger charge is 2.09. The fraction of sp³-hybridized carbons (Fsp3) is 0.0769. The van der Waals surface area contributed by atoms with Gasteiger partial charge in [0.05, 0.1) is 0 Å². The third-order valence-corrected chi connectivity index (χ3v) is 4.12. The molecule has 0 heterocycles. The molecule has 0 atom stereocenters. The van der Waals surface area contributed by atoms with Crippen LogP contribution < -0.4 is 0 Å². The van der Waals surface area contributed by atoms with Crippen molar-refractivity contribution in [3.63, 3.8) is 0 Å². The summed E-state index contributed by atoms with van der Waals surface area (Å²) < 4.78 is 3.27. The molecule has 0 N–H and O–H groups in total. The van der Waals surface area contributed by atoms with Gasteiger partial charge in [-0.25, -0.2) is 0 Å². The van der Waals surface area contributed by atoms with E-state index in [2.05, 4.69) is 69.8 Å². The summed E-state index contributed by atoms with van der Waals surface area (Å²) >= 11 is 13.6. The summed E-state index contributed by atoms with van der Waals surface area (Å²) in [6, 6.07) is 14.3. The largest absolute Gasteiger partial charge is 0.0966 e. The van der Waals surface area contributed by atoms with Crippen molar-refractivity contribution in [3.05, 3.63) is 55.9 Å². The van der Waals surface area contributed by atoms with Crippen molar-refractivity contribution in [2.24, 2.45) is 0 Å². The molecule has 90 valence electrons. The highest BCUT2D eigenvalue weighted by Crippen LogP contribution is 2.38. The number of rotatable bonds is 1. The Kier molecular flexibility index (Phi) is 7.00. The van der Waals surface area contributed by atoms with Crippen molar-refractivity contribution in [1.82, 2.24) is 0 Å². The quantitative estimate of drug-likeness (QED) is 0.397. The van der Waals surface area contributed by atoms with E-state index in [-0.39, 0.29) is 0 Å². The molecule has 0 amide bonds. The van der Waals surface area contributed by atoms with Crippen molar-refractivity contribution in [1.29, 1.82) is 0 Å². The SMILES string of the molecule is Brc1ccccc1-c1c(Br)cccc1Br.CBr. The molecule has 0 aromatic heterocycles. The number of benzene rings is 2. The molecular formula is C13H10Br4. The molecule has 0 aliphatic rings. The summed E-state index contributed by atoms with van der Waals surface area (Å²) in [6.45, 7) is 0. The first-order valence-electron chi connectivity index (χ1n) is 4.77. The lowest BCUT2D eigenvalue weighted by molar-refractivity contribution is 1.53. The van der Waals surface area contributed by atoms with Crippen LogP contribution in [0.25, 0.3) is 11.1 Å². The zero-order valence-corrected chi connectivity index (χ0v) is 15.4. The van der Waals surface area contributed by atoms with Crippen LogP contribution in [0.5, 0.6) is 0 Å². The lowest BCUT2D eigenvalue weighted by Crippen LogP contribution is -1.83. The van der Waals surface area contributed by atoms with Gasteiger partial charge >= 0.3 is 0 Å². The zero-order valence-electron chi connectivity index (χ0n) is 9.05. The van der Waals surface area contributed by atoms with E-state index in [0.29, 0.717) is 0 Å². The van der Waals surface area contributed by atoms with Crippen LogP contribution in [0.2, 0.25) is 0 Å². The van der Waals surface area contributed by atoms with Crippen molar-refractivity contribution in [2.75, 3.05) is 5.83 Å². The molecule has 2 rings (SSSR count). The van der Waals surface area contributed by atoms with Gasteiger partial charge in [0, 0.05) is 19.0 Å². The van der Waals surface area contributed by atoms with E-state index in [1.165, 1.54) is 11.1 Å². The van der Waals surface area contributed by atoms with E-state index in [9.17, 15) is 0 Å². The molecule has 0 bridgehead atoms. The van der Waals surface area contributed by atoms with Gasteiger partial charge in [-0.2, -0.15) is 0 Å². The molecule has 0 unspecified atom stereocenters. The minimum Gasteiger partial charge on any atom is -0.0966 e. The molecule has 0 nitrogen and oxygen atoms in total. The van der Waals surface area contributed by atoms with E-state index < -0.39 is 0 Å². The topological polar surface area (TPSA) is 0 Å². The number of halogens is 4. The molecule has 0 spiro atoms. The molecular weight excluding hydrogens is 476 g/mol. The van der Waals surface area contributed by atoms with Gasteiger partial charge in [-0.05, 0) is 29.6 Å². The molecule has 0 radical (unpaired) electrons. The summed E-state index contributed by atoms with van der Waals surface area (Å²) in [5.41, 5.74) is 2.35. The molecule has 0 aliphatic heterocycles. The minimum absolute atomic E-state index is 1.09. The van der Waals surface area contributed by atoms with Crippen molar-refractivity contribution >= 4 is 63.7 Å². The van der Waals surface area contributed by atoms with Gasteiger partial charge in [-0.15, -0.1) is 0 Å². The van der Waals surface area contributed by atoms with Gasteiger partial charge in [-0.1, -0.05) is 88.0 Å². The second-order valence-electron chi connectivity index (χ2n) is 3.08. The van der Waals surface area contributed by atoms with Crippen molar-refractivity contribution in [3.8, 4) is 11.1 Å². The van der Waals surface area contributed by atoms with Gasteiger partial charge < -0.3 is 0 Å². The smallest absolute Gasteiger partial charge is 0.0265 e. The maximum absolute atomic E-state index is 3.57. The van der Waals surface area contributed by atoms with Crippen molar-refractivity contribution in [2.45, 2.75) is 0 Å². The second-order valence-corrected chi connectivity index (χ2v) is 5.64. The Morgan fingerprint density at radius 2 is 1.12 bits per heavy atom. The van der Waals surface area contributed by atoms with E-state index in [1.54, 1.807) is 0 Å². The Labute approximate surface area is 135 Å². The maximum Gasteiger partial charge on any atom is 0.0265 e. The standard InChI is InChI=1S/C12H7Br3.CH3Br/c13-9-5-2-1-4-8(9)12-10(14)6-3-7-11(12)15;1-2/h1-7H;1H3. The first kappa shape index (κ1) is 15.4. The van der Waals surface area contributed by atoms with E-state index >= 15 is 0 Å². The summed E-state index contributed by atoms with van der Waals surface area (Å²) in [4.78, 5) is 0. The molecule has 2 aromatic rings. The van der Waals surface area contributed by atoms with Gasteiger partial charge in [0.1, 0.15) is 0 Å². The monoisotopic (exact) mass is 482 g/mol. The zero-order chi connectivity index (χ0) is 12.8. The lowest BCUT2D eigenvalue weighted by Gasteiger charge is -2.09. The third-order valence-electron chi connectivity index (χ3n) is 2.11. The maximum atomic E-state index is 3.57. The predicted octanol–water partition coefficient (Wildman–Crippen LogP) is 6.65. The van der Waals surface area contributed by atoms with Gasteiger partial charge in [0.2, 0.25) is 0 Å². The number of alkyl halides is 1. The van der Waals surface area contributed by atoms with Gasteiger partial charge in [0.25, 0.3) is 0 Å². The van der Waals surface area contributed by atoms with E-state index in [4.69, 9.17) is 0 Å². The molecule has 17 heavy (non-hydrogen) atoms. The Balaban J connectivity index is 0.000000686. The fourth-order valence-electron chi connectivity index (χ4n) is 1.42. The highest BCUT2D eigenvalue weighted by molar-refractivity contribution is 9.11.